The molecule has 0 spiro atoms. The summed E-state index contributed by atoms with van der Waals surface area (Å²) in [5.41, 5.74) is 4.92. The van der Waals surface area contributed by atoms with Crippen molar-refractivity contribution in [2.75, 3.05) is 0 Å². The lowest BCUT2D eigenvalue weighted by Crippen LogP contribution is -2.24. The maximum Gasteiger partial charge on any atom is 0.273 e. The summed E-state index contributed by atoms with van der Waals surface area (Å²) in [5.74, 6) is 0.257. The highest BCUT2D eigenvalue weighted by Gasteiger charge is 2.16. The Hall–Kier alpha value is -3.77. The number of aromatic nitrogens is 2. The van der Waals surface area contributed by atoms with Crippen LogP contribution in [-0.2, 0) is 26.2 Å². The molecule has 2 aromatic carbocycles. The van der Waals surface area contributed by atoms with Crippen LogP contribution in [0, 0.1) is 6.92 Å². The summed E-state index contributed by atoms with van der Waals surface area (Å²) >= 11 is 0. The highest BCUT2D eigenvalue weighted by Crippen LogP contribution is 2.15. The fourth-order valence-electron chi connectivity index (χ4n) is 3.53. The maximum atomic E-state index is 12.5. The van der Waals surface area contributed by atoms with Crippen LogP contribution in [0.15, 0.2) is 89.8 Å². The molecule has 0 unspecified atom stereocenters. The third-order valence-corrected chi connectivity index (χ3v) is 5.08. The SMILES string of the molecule is Cc1cccc(CN(Cc2ccccc2)Cc2nc(C(=O)NCc3ccncc3)co2)c1. The number of nitrogens with one attached hydrogen (secondary N) is 1. The lowest BCUT2D eigenvalue weighted by atomic mass is 10.1. The molecule has 2 aromatic heterocycles. The summed E-state index contributed by atoms with van der Waals surface area (Å²) in [6.07, 6.45) is 4.82. The molecule has 4 aromatic rings. The molecule has 1 amide bonds. The highest BCUT2D eigenvalue weighted by molar-refractivity contribution is 5.91. The average molecular weight is 427 g/mol. The number of oxazole rings is 1. The minimum atomic E-state index is -0.259. The summed E-state index contributed by atoms with van der Waals surface area (Å²) in [7, 11) is 0. The number of rotatable bonds is 9. The van der Waals surface area contributed by atoms with E-state index in [4.69, 9.17) is 4.42 Å². The topological polar surface area (TPSA) is 71.3 Å². The van der Waals surface area contributed by atoms with Gasteiger partial charge in [0.1, 0.15) is 6.26 Å². The number of aryl methyl sites for hydroxylation is 1. The number of hydrogen-bond donors (Lipinski definition) is 1. The van der Waals surface area contributed by atoms with Crippen molar-refractivity contribution in [1.29, 1.82) is 0 Å². The zero-order valence-corrected chi connectivity index (χ0v) is 18.1. The van der Waals surface area contributed by atoms with Crippen molar-refractivity contribution < 1.29 is 9.21 Å². The Labute approximate surface area is 187 Å². The van der Waals surface area contributed by atoms with Crippen LogP contribution >= 0.6 is 0 Å². The second kappa shape index (κ2) is 10.5. The van der Waals surface area contributed by atoms with Crippen molar-refractivity contribution >= 4 is 5.91 Å². The van der Waals surface area contributed by atoms with Crippen molar-refractivity contribution in [3.05, 3.63) is 119 Å². The van der Waals surface area contributed by atoms with Crippen molar-refractivity contribution in [3.63, 3.8) is 0 Å². The van der Waals surface area contributed by atoms with Gasteiger partial charge in [0.05, 0.1) is 6.54 Å². The number of nitrogens with zero attached hydrogens (tertiary/aromatic N) is 3. The van der Waals surface area contributed by atoms with E-state index >= 15 is 0 Å². The molecule has 6 heteroatoms. The zero-order chi connectivity index (χ0) is 22.2. The van der Waals surface area contributed by atoms with Gasteiger partial charge in [0.25, 0.3) is 5.91 Å². The molecule has 6 nitrogen and oxygen atoms in total. The first-order valence-corrected chi connectivity index (χ1v) is 10.6. The Balaban J connectivity index is 1.43. The molecule has 0 bridgehead atoms. The molecule has 32 heavy (non-hydrogen) atoms. The normalized spacial score (nSPS) is 10.9. The molecule has 1 N–H and O–H groups in total. The van der Waals surface area contributed by atoms with E-state index in [1.807, 2.05) is 30.3 Å². The van der Waals surface area contributed by atoms with E-state index in [-0.39, 0.29) is 11.6 Å². The summed E-state index contributed by atoms with van der Waals surface area (Å²) in [4.78, 5) is 23.1. The van der Waals surface area contributed by atoms with Crippen molar-refractivity contribution in [2.24, 2.45) is 0 Å². The number of amides is 1. The molecule has 2 heterocycles. The van der Waals surface area contributed by atoms with Gasteiger partial charge in [-0.05, 0) is 35.7 Å². The molecule has 0 atom stereocenters. The fraction of sp³-hybridized carbons (Fsp3) is 0.192. The monoisotopic (exact) mass is 426 g/mol. The lowest BCUT2D eigenvalue weighted by Gasteiger charge is -2.21. The second-order valence-electron chi connectivity index (χ2n) is 7.78. The maximum absolute atomic E-state index is 12.5. The minimum Gasteiger partial charge on any atom is -0.447 e. The predicted molar refractivity (Wildman–Crippen MR) is 122 cm³/mol. The Morgan fingerprint density at radius 3 is 2.44 bits per heavy atom. The van der Waals surface area contributed by atoms with Gasteiger partial charge in [-0.15, -0.1) is 0 Å². The summed E-state index contributed by atoms with van der Waals surface area (Å²) < 4.78 is 5.64. The molecular formula is C26H26N4O2. The molecule has 0 aliphatic carbocycles. The standard InChI is InChI=1S/C26H26N4O2/c1-20-6-5-9-23(14-20)17-30(16-22-7-3-2-4-8-22)18-25-29-24(19-32-25)26(31)28-15-21-10-12-27-13-11-21/h2-14,19H,15-18H2,1H3,(H,28,31). The van der Waals surface area contributed by atoms with Gasteiger partial charge in [0.15, 0.2) is 5.69 Å². The van der Waals surface area contributed by atoms with Crippen molar-refractivity contribution in [3.8, 4) is 0 Å². The third kappa shape index (κ3) is 6.12. The van der Waals surface area contributed by atoms with Crippen molar-refractivity contribution in [2.45, 2.75) is 33.1 Å². The van der Waals surface area contributed by atoms with Crippen LogP contribution in [0.25, 0.3) is 0 Å². The molecule has 0 saturated carbocycles. The van der Waals surface area contributed by atoms with Crippen LogP contribution in [-0.4, -0.2) is 20.8 Å². The van der Waals surface area contributed by atoms with Gasteiger partial charge in [0.2, 0.25) is 5.89 Å². The lowest BCUT2D eigenvalue weighted by molar-refractivity contribution is 0.0945. The molecule has 4 rings (SSSR count). The first-order valence-electron chi connectivity index (χ1n) is 10.6. The van der Waals surface area contributed by atoms with Crippen LogP contribution < -0.4 is 5.32 Å². The van der Waals surface area contributed by atoms with E-state index < -0.39 is 0 Å². The van der Waals surface area contributed by atoms with Gasteiger partial charge in [-0.3, -0.25) is 14.7 Å². The van der Waals surface area contributed by atoms with Gasteiger partial charge in [-0.2, -0.15) is 0 Å². The largest absolute Gasteiger partial charge is 0.447 e. The molecule has 0 aliphatic heterocycles. The third-order valence-electron chi connectivity index (χ3n) is 5.08. The number of hydrogen-bond acceptors (Lipinski definition) is 5. The Bertz CT molecular complexity index is 1140. The number of pyridine rings is 1. The number of carbonyl (C=O) groups is 1. The highest BCUT2D eigenvalue weighted by atomic mass is 16.3. The minimum absolute atomic E-state index is 0.259. The van der Waals surface area contributed by atoms with Crippen LogP contribution in [0.3, 0.4) is 0 Å². The quantitative estimate of drug-likeness (QED) is 0.426. The molecule has 0 aliphatic rings. The first-order chi connectivity index (χ1) is 15.7. The number of carbonyl (C=O) groups excluding carboxylic acids is 1. The van der Waals surface area contributed by atoms with Crippen LogP contribution in [0.4, 0.5) is 0 Å². The molecule has 0 radical (unpaired) electrons. The molecule has 0 fully saturated rings. The van der Waals surface area contributed by atoms with Gasteiger partial charge < -0.3 is 9.73 Å². The van der Waals surface area contributed by atoms with Crippen molar-refractivity contribution in [1.82, 2.24) is 20.2 Å². The van der Waals surface area contributed by atoms with Gasteiger partial charge in [-0.25, -0.2) is 4.98 Å². The second-order valence-corrected chi connectivity index (χ2v) is 7.78. The van der Waals surface area contributed by atoms with Gasteiger partial charge in [0, 0.05) is 32.0 Å². The van der Waals surface area contributed by atoms with E-state index in [1.54, 1.807) is 12.4 Å². The smallest absolute Gasteiger partial charge is 0.273 e. The van der Waals surface area contributed by atoms with E-state index in [0.29, 0.717) is 19.0 Å². The van der Waals surface area contributed by atoms with E-state index in [2.05, 4.69) is 63.5 Å². The summed E-state index contributed by atoms with van der Waals surface area (Å²) in [5, 5.41) is 2.86. The van der Waals surface area contributed by atoms with Crippen LogP contribution in [0.5, 0.6) is 0 Å². The van der Waals surface area contributed by atoms with E-state index in [1.165, 1.54) is 23.0 Å². The molecule has 162 valence electrons. The first kappa shape index (κ1) is 21.5. The fourth-order valence-corrected chi connectivity index (χ4v) is 3.53. The Morgan fingerprint density at radius 1 is 0.906 bits per heavy atom. The van der Waals surface area contributed by atoms with E-state index in [9.17, 15) is 4.79 Å². The molecular weight excluding hydrogens is 400 g/mol. The predicted octanol–water partition coefficient (Wildman–Crippen LogP) is 4.51. The van der Waals surface area contributed by atoms with Gasteiger partial charge >= 0.3 is 0 Å². The zero-order valence-electron chi connectivity index (χ0n) is 18.1. The van der Waals surface area contributed by atoms with E-state index in [0.717, 1.165) is 18.7 Å². The summed E-state index contributed by atoms with van der Waals surface area (Å²) in [6, 6.07) is 22.5. The summed E-state index contributed by atoms with van der Waals surface area (Å²) in [6.45, 7) is 4.51. The van der Waals surface area contributed by atoms with Gasteiger partial charge in [-0.1, -0.05) is 60.2 Å². The number of benzene rings is 2. The Kier molecular flexibility index (Phi) is 7.05. The van der Waals surface area contributed by atoms with Crippen LogP contribution in [0.2, 0.25) is 0 Å². The average Bonchev–Trinajstić information content (AvgIpc) is 3.27. The van der Waals surface area contributed by atoms with Crippen LogP contribution in [0.1, 0.15) is 38.6 Å². The Morgan fingerprint density at radius 2 is 1.66 bits per heavy atom. The molecule has 0 saturated heterocycles.